The highest BCUT2D eigenvalue weighted by Crippen LogP contribution is 2.41. The average molecular weight is 317 g/mol. The Morgan fingerprint density at radius 2 is 2.04 bits per heavy atom. The number of nitrogen functional groups attached to an aromatic ring is 1. The summed E-state index contributed by atoms with van der Waals surface area (Å²) in [5.41, 5.74) is 12.4. The molecule has 2 aliphatic carbocycles. The molecule has 2 heteroatoms. The van der Waals surface area contributed by atoms with Gasteiger partial charge in [0.25, 0.3) is 0 Å². The molecule has 2 N–H and O–H groups in total. The molecule has 1 aromatic carbocycles. The smallest absolute Gasteiger partial charge is 0.0869 e. The maximum absolute atomic E-state index is 6.08. The third kappa shape index (κ3) is 2.60. The van der Waals surface area contributed by atoms with E-state index in [1.165, 1.54) is 37.9 Å². The second-order valence-corrected chi connectivity index (χ2v) is 7.12. The standard InChI is InChI=1S/C21H19NS/c1-14-7-6-10-18(14)19-12-16(15-8-4-2-3-5-9-15)11-17-13-20(22)23-21(17)19/h2,4-5,8-13H,1,3,6-7,22H2. The maximum Gasteiger partial charge on any atom is 0.0869 e. The summed E-state index contributed by atoms with van der Waals surface area (Å²) in [6, 6.07) is 6.64. The van der Waals surface area contributed by atoms with Gasteiger partial charge in [-0.3, -0.25) is 0 Å². The molecular weight excluding hydrogens is 298 g/mol. The van der Waals surface area contributed by atoms with Crippen molar-refractivity contribution in [1.82, 2.24) is 0 Å². The third-order valence-corrected chi connectivity index (χ3v) is 5.43. The lowest BCUT2D eigenvalue weighted by Crippen LogP contribution is -1.89. The van der Waals surface area contributed by atoms with Gasteiger partial charge in [-0.1, -0.05) is 43.0 Å². The average Bonchev–Trinajstić information content (AvgIpc) is 3.01. The fourth-order valence-electron chi connectivity index (χ4n) is 3.28. The van der Waals surface area contributed by atoms with Gasteiger partial charge in [-0.2, -0.15) is 0 Å². The van der Waals surface area contributed by atoms with Crippen LogP contribution in [0, 0.1) is 0 Å². The molecule has 0 unspecified atom stereocenters. The molecule has 0 aliphatic heterocycles. The Bertz CT molecular complexity index is 919. The Morgan fingerprint density at radius 1 is 1.13 bits per heavy atom. The highest BCUT2D eigenvalue weighted by Gasteiger charge is 2.17. The highest BCUT2D eigenvalue weighted by atomic mass is 32.1. The van der Waals surface area contributed by atoms with Crippen molar-refractivity contribution in [2.75, 3.05) is 5.73 Å². The van der Waals surface area contributed by atoms with Crippen LogP contribution in [0.15, 0.2) is 66.8 Å². The number of hydrogen-bond acceptors (Lipinski definition) is 2. The zero-order chi connectivity index (χ0) is 15.8. The van der Waals surface area contributed by atoms with E-state index in [9.17, 15) is 0 Å². The molecule has 0 amide bonds. The zero-order valence-corrected chi connectivity index (χ0v) is 13.8. The van der Waals surface area contributed by atoms with Crippen LogP contribution in [0.1, 0.15) is 30.4 Å². The molecule has 0 bridgehead atoms. The minimum atomic E-state index is 0.868. The van der Waals surface area contributed by atoms with Gasteiger partial charge in [-0.25, -0.2) is 0 Å². The van der Waals surface area contributed by atoms with Crippen LogP contribution in [0.3, 0.4) is 0 Å². The highest BCUT2D eigenvalue weighted by molar-refractivity contribution is 7.22. The first-order valence-corrected chi connectivity index (χ1v) is 8.79. The molecule has 4 rings (SSSR count). The Balaban J connectivity index is 1.95. The van der Waals surface area contributed by atoms with Crippen LogP contribution in [-0.2, 0) is 0 Å². The number of benzene rings is 1. The van der Waals surface area contributed by atoms with E-state index in [1.807, 2.05) is 0 Å². The molecule has 0 atom stereocenters. The number of thiophene rings is 1. The second-order valence-electron chi connectivity index (χ2n) is 6.04. The quantitative estimate of drug-likeness (QED) is 0.710. The van der Waals surface area contributed by atoms with Crippen molar-refractivity contribution in [3.05, 3.63) is 77.9 Å². The SMILES string of the molecule is C=C1CCC=C1c1cc(C2=CC=CCC=C2)cc2cc(N)sc12. The summed E-state index contributed by atoms with van der Waals surface area (Å²) in [5.74, 6) is 0. The third-order valence-electron chi connectivity index (χ3n) is 4.42. The summed E-state index contributed by atoms with van der Waals surface area (Å²) in [6.07, 6.45) is 16.4. The fourth-order valence-corrected chi connectivity index (χ4v) is 4.22. The van der Waals surface area contributed by atoms with Gasteiger partial charge >= 0.3 is 0 Å². The summed E-state index contributed by atoms with van der Waals surface area (Å²) in [4.78, 5) is 0. The normalized spacial score (nSPS) is 17.5. The lowest BCUT2D eigenvalue weighted by Gasteiger charge is -2.10. The Hall–Kier alpha value is -2.32. The number of fused-ring (bicyclic) bond motifs is 1. The van der Waals surface area contributed by atoms with Gasteiger partial charge in [0.2, 0.25) is 0 Å². The van der Waals surface area contributed by atoms with Crippen LogP contribution >= 0.6 is 11.3 Å². The van der Waals surface area contributed by atoms with Crippen LogP contribution < -0.4 is 5.73 Å². The fraction of sp³-hybridized carbons (Fsp3) is 0.143. The molecule has 1 nitrogen and oxygen atoms in total. The van der Waals surface area contributed by atoms with E-state index in [2.05, 4.69) is 61.2 Å². The van der Waals surface area contributed by atoms with Gasteiger partial charge in [0, 0.05) is 10.3 Å². The maximum atomic E-state index is 6.08. The molecule has 0 fully saturated rings. The molecular formula is C21H19NS. The predicted molar refractivity (Wildman–Crippen MR) is 103 cm³/mol. The van der Waals surface area contributed by atoms with Gasteiger partial charge in [0.1, 0.15) is 0 Å². The number of rotatable bonds is 2. The van der Waals surface area contributed by atoms with Crippen molar-refractivity contribution in [3.63, 3.8) is 0 Å². The molecule has 0 saturated heterocycles. The van der Waals surface area contributed by atoms with E-state index >= 15 is 0 Å². The Kier molecular flexibility index (Phi) is 3.55. The predicted octanol–water partition coefficient (Wildman–Crippen LogP) is 6.12. The first-order chi connectivity index (χ1) is 11.2. The van der Waals surface area contributed by atoms with Crippen LogP contribution in [0.2, 0.25) is 0 Å². The van der Waals surface area contributed by atoms with Crippen LogP contribution in [0.25, 0.3) is 21.2 Å². The molecule has 0 saturated carbocycles. The monoisotopic (exact) mass is 317 g/mol. The van der Waals surface area contributed by atoms with Gasteiger partial charge in [-0.15, -0.1) is 11.3 Å². The largest absolute Gasteiger partial charge is 0.391 e. The molecule has 1 heterocycles. The summed E-state index contributed by atoms with van der Waals surface area (Å²) in [5, 5.41) is 2.09. The van der Waals surface area contributed by atoms with E-state index in [1.54, 1.807) is 11.3 Å². The van der Waals surface area contributed by atoms with Crippen molar-refractivity contribution >= 4 is 37.6 Å². The lowest BCUT2D eigenvalue weighted by atomic mass is 9.95. The number of nitrogens with two attached hydrogens (primary N) is 1. The van der Waals surface area contributed by atoms with E-state index in [-0.39, 0.29) is 0 Å². The van der Waals surface area contributed by atoms with Crippen molar-refractivity contribution in [3.8, 4) is 0 Å². The van der Waals surface area contributed by atoms with Crippen molar-refractivity contribution < 1.29 is 0 Å². The van der Waals surface area contributed by atoms with Gasteiger partial charge < -0.3 is 5.73 Å². The first-order valence-electron chi connectivity index (χ1n) is 7.98. The number of anilines is 1. The van der Waals surface area contributed by atoms with Crippen molar-refractivity contribution in [2.45, 2.75) is 19.3 Å². The van der Waals surface area contributed by atoms with Crippen molar-refractivity contribution in [2.24, 2.45) is 0 Å². The summed E-state index contributed by atoms with van der Waals surface area (Å²) >= 11 is 1.67. The number of allylic oxidation sites excluding steroid dienone is 9. The van der Waals surface area contributed by atoms with E-state index in [4.69, 9.17) is 5.73 Å². The molecule has 0 spiro atoms. The van der Waals surface area contributed by atoms with Gasteiger partial charge in [-0.05, 0) is 65.1 Å². The van der Waals surface area contributed by atoms with E-state index in [0.29, 0.717) is 0 Å². The topological polar surface area (TPSA) is 26.0 Å². The molecule has 2 aromatic rings. The minimum absolute atomic E-state index is 0.868. The molecule has 23 heavy (non-hydrogen) atoms. The van der Waals surface area contributed by atoms with E-state index < -0.39 is 0 Å². The first kappa shape index (κ1) is 14.3. The van der Waals surface area contributed by atoms with Crippen molar-refractivity contribution in [1.29, 1.82) is 0 Å². The summed E-state index contributed by atoms with van der Waals surface area (Å²) in [6.45, 7) is 4.25. The molecule has 1 aromatic heterocycles. The molecule has 2 aliphatic rings. The van der Waals surface area contributed by atoms with E-state index in [0.717, 1.165) is 24.3 Å². The van der Waals surface area contributed by atoms with Crippen LogP contribution in [-0.4, -0.2) is 0 Å². The van der Waals surface area contributed by atoms with Gasteiger partial charge in [0.05, 0.1) is 5.00 Å². The second kappa shape index (κ2) is 5.71. The van der Waals surface area contributed by atoms with Crippen LogP contribution in [0.5, 0.6) is 0 Å². The minimum Gasteiger partial charge on any atom is -0.391 e. The summed E-state index contributed by atoms with van der Waals surface area (Å²) in [7, 11) is 0. The van der Waals surface area contributed by atoms with Gasteiger partial charge in [0.15, 0.2) is 0 Å². The molecule has 0 radical (unpaired) electrons. The zero-order valence-electron chi connectivity index (χ0n) is 13.0. The Morgan fingerprint density at radius 3 is 2.87 bits per heavy atom. The lowest BCUT2D eigenvalue weighted by molar-refractivity contribution is 1.07. The summed E-state index contributed by atoms with van der Waals surface area (Å²) < 4.78 is 1.27. The number of hydrogen-bond donors (Lipinski definition) is 1. The Labute approximate surface area is 140 Å². The molecule has 114 valence electrons. The van der Waals surface area contributed by atoms with Crippen LogP contribution in [0.4, 0.5) is 5.00 Å².